The maximum atomic E-state index is 5.92. The number of rotatable bonds is 3. The Bertz CT molecular complexity index is 499. The maximum Gasteiger partial charge on any atom is 0.181 e. The van der Waals surface area contributed by atoms with E-state index in [1.54, 1.807) is 0 Å². The van der Waals surface area contributed by atoms with Gasteiger partial charge in [0.1, 0.15) is 5.69 Å². The fraction of sp³-hybridized carbons (Fsp3) is 0.417. The van der Waals surface area contributed by atoms with Crippen molar-refractivity contribution in [3.63, 3.8) is 0 Å². The normalized spacial score (nSPS) is 12.0. The van der Waals surface area contributed by atoms with Gasteiger partial charge in [0.2, 0.25) is 0 Å². The van der Waals surface area contributed by atoms with Gasteiger partial charge in [-0.1, -0.05) is 11.6 Å². The fourth-order valence-corrected chi connectivity index (χ4v) is 2.43. The van der Waals surface area contributed by atoms with E-state index in [1.807, 2.05) is 12.1 Å². The van der Waals surface area contributed by atoms with Crippen molar-refractivity contribution in [2.45, 2.75) is 32.9 Å². The van der Waals surface area contributed by atoms with Crippen LogP contribution >= 0.6 is 22.9 Å². The molecule has 0 aliphatic heterocycles. The number of oxazole rings is 1. The van der Waals surface area contributed by atoms with Gasteiger partial charge in [-0.3, -0.25) is 0 Å². The van der Waals surface area contributed by atoms with E-state index in [2.05, 4.69) is 31.1 Å². The highest BCUT2D eigenvalue weighted by atomic mass is 35.5. The lowest BCUT2D eigenvalue weighted by atomic mass is 10.1. The smallest absolute Gasteiger partial charge is 0.181 e. The number of hydrogen-bond donors (Lipinski definition) is 1. The lowest BCUT2D eigenvalue weighted by Gasteiger charge is -2.19. The largest absolute Gasteiger partial charge is 0.442 e. The molecule has 0 aliphatic rings. The van der Waals surface area contributed by atoms with Crippen LogP contribution in [0.25, 0.3) is 10.6 Å². The second kappa shape index (κ2) is 4.80. The molecular formula is C12H15ClN2OS. The van der Waals surface area contributed by atoms with Crippen molar-refractivity contribution < 1.29 is 4.42 Å². The van der Waals surface area contributed by atoms with Crippen LogP contribution in [-0.4, -0.2) is 10.5 Å². The molecule has 0 amide bonds. The van der Waals surface area contributed by atoms with Crippen molar-refractivity contribution in [3.8, 4) is 10.6 Å². The molecule has 0 radical (unpaired) electrons. The third kappa shape index (κ3) is 3.31. The first-order valence-electron chi connectivity index (χ1n) is 5.39. The van der Waals surface area contributed by atoms with Crippen LogP contribution in [0.3, 0.4) is 0 Å². The monoisotopic (exact) mass is 270 g/mol. The van der Waals surface area contributed by atoms with Gasteiger partial charge in [-0.25, -0.2) is 4.98 Å². The Morgan fingerprint density at radius 3 is 2.76 bits per heavy atom. The van der Waals surface area contributed by atoms with Gasteiger partial charge in [0, 0.05) is 12.1 Å². The van der Waals surface area contributed by atoms with Crippen molar-refractivity contribution in [3.05, 3.63) is 28.6 Å². The Labute approximate surface area is 110 Å². The molecule has 17 heavy (non-hydrogen) atoms. The molecule has 2 aromatic heterocycles. The molecule has 2 rings (SSSR count). The molecule has 2 heterocycles. The molecule has 0 aromatic carbocycles. The molecule has 0 saturated heterocycles. The second-order valence-corrected chi connectivity index (χ2v) is 6.55. The summed E-state index contributed by atoms with van der Waals surface area (Å²) >= 11 is 7.42. The number of aromatic nitrogens is 1. The standard InChI is InChI=1S/C12H15ClN2OS/c1-12(2,3)15-6-8-11(16-7-14-8)9-4-5-10(13)17-9/h4-5,7,15H,6H2,1-3H3. The van der Waals surface area contributed by atoms with Crippen molar-refractivity contribution >= 4 is 22.9 Å². The summed E-state index contributed by atoms with van der Waals surface area (Å²) in [5, 5.41) is 3.39. The summed E-state index contributed by atoms with van der Waals surface area (Å²) < 4.78 is 6.19. The minimum atomic E-state index is 0.0588. The predicted octanol–water partition coefficient (Wildman–Crippen LogP) is 3.94. The van der Waals surface area contributed by atoms with E-state index >= 15 is 0 Å². The summed E-state index contributed by atoms with van der Waals surface area (Å²) in [7, 11) is 0. The molecule has 0 saturated carbocycles. The first-order chi connectivity index (χ1) is 7.96. The fourth-order valence-electron chi connectivity index (χ4n) is 1.38. The number of hydrogen-bond acceptors (Lipinski definition) is 4. The molecule has 92 valence electrons. The summed E-state index contributed by atoms with van der Waals surface area (Å²) in [6.45, 7) is 7.04. The molecule has 0 atom stereocenters. The average molecular weight is 271 g/mol. The number of thiophene rings is 1. The quantitative estimate of drug-likeness (QED) is 0.918. The van der Waals surface area contributed by atoms with Crippen LogP contribution in [0.4, 0.5) is 0 Å². The number of nitrogens with zero attached hydrogens (tertiary/aromatic N) is 1. The zero-order valence-electron chi connectivity index (χ0n) is 10.1. The van der Waals surface area contributed by atoms with Gasteiger partial charge in [-0.05, 0) is 32.9 Å². The summed E-state index contributed by atoms with van der Waals surface area (Å²) in [4.78, 5) is 5.25. The average Bonchev–Trinajstić information content (AvgIpc) is 2.81. The molecule has 1 N–H and O–H groups in total. The van der Waals surface area contributed by atoms with Crippen molar-refractivity contribution in [1.29, 1.82) is 0 Å². The third-order valence-corrected chi connectivity index (χ3v) is 3.45. The maximum absolute atomic E-state index is 5.92. The molecule has 0 aliphatic carbocycles. The molecule has 2 aromatic rings. The first-order valence-corrected chi connectivity index (χ1v) is 6.58. The summed E-state index contributed by atoms with van der Waals surface area (Å²) in [6.07, 6.45) is 1.47. The minimum Gasteiger partial charge on any atom is -0.442 e. The van der Waals surface area contributed by atoms with Gasteiger partial charge >= 0.3 is 0 Å². The Morgan fingerprint density at radius 1 is 1.41 bits per heavy atom. The Balaban J connectivity index is 2.17. The van der Waals surface area contributed by atoms with Crippen molar-refractivity contribution in [1.82, 2.24) is 10.3 Å². The lowest BCUT2D eigenvalue weighted by Crippen LogP contribution is -2.35. The second-order valence-electron chi connectivity index (χ2n) is 4.84. The van der Waals surface area contributed by atoms with Crippen LogP contribution in [0.1, 0.15) is 26.5 Å². The zero-order chi connectivity index (χ0) is 12.5. The van der Waals surface area contributed by atoms with E-state index in [4.69, 9.17) is 16.0 Å². The minimum absolute atomic E-state index is 0.0588. The van der Waals surface area contributed by atoms with Gasteiger partial charge in [0.05, 0.1) is 9.21 Å². The van der Waals surface area contributed by atoms with Crippen LogP contribution in [-0.2, 0) is 6.54 Å². The molecule has 0 spiro atoms. The van der Waals surface area contributed by atoms with E-state index < -0.39 is 0 Å². The highest BCUT2D eigenvalue weighted by Crippen LogP contribution is 2.32. The molecule has 0 fully saturated rings. The van der Waals surface area contributed by atoms with E-state index in [1.165, 1.54) is 17.7 Å². The van der Waals surface area contributed by atoms with Crippen LogP contribution < -0.4 is 5.32 Å². The highest BCUT2D eigenvalue weighted by molar-refractivity contribution is 7.19. The lowest BCUT2D eigenvalue weighted by molar-refractivity contribution is 0.421. The van der Waals surface area contributed by atoms with E-state index in [0.29, 0.717) is 6.54 Å². The topological polar surface area (TPSA) is 38.1 Å². The van der Waals surface area contributed by atoms with Crippen molar-refractivity contribution in [2.75, 3.05) is 0 Å². The van der Waals surface area contributed by atoms with Crippen LogP contribution in [0, 0.1) is 0 Å². The van der Waals surface area contributed by atoms with Crippen molar-refractivity contribution in [2.24, 2.45) is 0 Å². The summed E-state index contributed by atoms with van der Waals surface area (Å²) in [5.74, 6) is 0.804. The summed E-state index contributed by atoms with van der Waals surface area (Å²) in [5.41, 5.74) is 0.974. The Hall–Kier alpha value is -0.840. The van der Waals surface area contributed by atoms with Crippen LogP contribution in [0.5, 0.6) is 0 Å². The summed E-state index contributed by atoms with van der Waals surface area (Å²) in [6, 6.07) is 3.82. The molecule has 3 nitrogen and oxygen atoms in total. The van der Waals surface area contributed by atoms with Crippen LogP contribution in [0.15, 0.2) is 22.9 Å². The molecule has 5 heteroatoms. The van der Waals surface area contributed by atoms with E-state index in [9.17, 15) is 0 Å². The molecule has 0 bridgehead atoms. The first kappa shape index (κ1) is 12.6. The van der Waals surface area contributed by atoms with Gasteiger partial charge in [-0.15, -0.1) is 11.3 Å². The Kier molecular flexibility index (Phi) is 3.56. The third-order valence-electron chi connectivity index (χ3n) is 2.22. The van der Waals surface area contributed by atoms with E-state index in [-0.39, 0.29) is 5.54 Å². The highest BCUT2D eigenvalue weighted by Gasteiger charge is 2.15. The SMILES string of the molecule is CC(C)(C)NCc1ncoc1-c1ccc(Cl)s1. The van der Waals surface area contributed by atoms with Gasteiger partial charge in [-0.2, -0.15) is 0 Å². The molecular weight excluding hydrogens is 256 g/mol. The van der Waals surface area contributed by atoms with Gasteiger partial charge in [0.25, 0.3) is 0 Å². The molecule has 0 unspecified atom stereocenters. The number of nitrogens with one attached hydrogen (secondary N) is 1. The zero-order valence-corrected chi connectivity index (χ0v) is 11.7. The Morgan fingerprint density at radius 2 is 2.18 bits per heavy atom. The van der Waals surface area contributed by atoms with Crippen LogP contribution in [0.2, 0.25) is 4.34 Å². The van der Waals surface area contributed by atoms with E-state index in [0.717, 1.165) is 20.7 Å². The number of halogens is 1. The van der Waals surface area contributed by atoms with Gasteiger partial charge < -0.3 is 9.73 Å². The van der Waals surface area contributed by atoms with Gasteiger partial charge in [0.15, 0.2) is 12.2 Å². The predicted molar refractivity (Wildman–Crippen MR) is 71.4 cm³/mol.